The molecular formula is C18H12F6O2. The first-order valence-corrected chi connectivity index (χ1v) is 7.48. The number of Topliss-reactive ketones (excluding diaryl/α,β-unsaturated/α-hetero) is 1. The quantitative estimate of drug-likeness (QED) is 0.720. The highest BCUT2D eigenvalue weighted by Crippen LogP contribution is 2.49. The Labute approximate surface area is 144 Å². The van der Waals surface area contributed by atoms with Gasteiger partial charge in [0.15, 0.2) is 5.78 Å². The molecule has 138 valence electrons. The monoisotopic (exact) mass is 374 g/mol. The third-order valence-corrected chi connectivity index (χ3v) is 4.71. The van der Waals surface area contributed by atoms with Crippen molar-refractivity contribution in [2.75, 3.05) is 0 Å². The Morgan fingerprint density at radius 2 is 1.42 bits per heavy atom. The number of rotatable bonds is 1. The molecule has 2 aromatic rings. The van der Waals surface area contributed by atoms with E-state index < -0.39 is 46.3 Å². The minimum Gasteiger partial charge on any atom is -0.387 e. The first kappa shape index (κ1) is 18.4. The molecule has 0 bridgehead atoms. The number of hydrogen-bond acceptors (Lipinski definition) is 2. The second-order valence-electron chi connectivity index (χ2n) is 6.32. The van der Waals surface area contributed by atoms with Crippen LogP contribution in [0.15, 0.2) is 42.5 Å². The molecule has 1 aliphatic carbocycles. The number of aliphatic hydroxyl groups is 1. The Balaban J connectivity index is 2.25. The maximum absolute atomic E-state index is 13.1. The summed E-state index contributed by atoms with van der Waals surface area (Å²) >= 11 is 0. The average molecular weight is 374 g/mol. The summed E-state index contributed by atoms with van der Waals surface area (Å²) in [6, 6.07) is 6.79. The Bertz CT molecular complexity index is 852. The first-order valence-electron chi connectivity index (χ1n) is 7.48. The Hall–Kier alpha value is -2.35. The molecular weight excluding hydrogens is 362 g/mol. The van der Waals surface area contributed by atoms with E-state index in [1.807, 2.05) is 0 Å². The number of hydrogen-bond donors (Lipinski definition) is 1. The number of fused-ring (bicyclic) bond motifs is 1. The van der Waals surface area contributed by atoms with Gasteiger partial charge in [-0.2, -0.15) is 26.3 Å². The van der Waals surface area contributed by atoms with E-state index in [1.165, 1.54) is 24.3 Å². The summed E-state index contributed by atoms with van der Waals surface area (Å²) in [5.41, 5.74) is -5.29. The standard InChI is InChI=1S/C18H12F6O2/c1-16(14(25)12-4-2-3-5-13(12)15(16)26)9-6-10(17(19,20)21)8-11(7-9)18(22,23)24/h2-8,14,25H,1H3. The van der Waals surface area contributed by atoms with E-state index in [9.17, 15) is 36.2 Å². The number of carbonyl (C=O) groups is 1. The lowest BCUT2D eigenvalue weighted by atomic mass is 9.76. The molecule has 2 unspecified atom stereocenters. The van der Waals surface area contributed by atoms with Gasteiger partial charge in [-0.05, 0) is 36.2 Å². The Kier molecular flexibility index (Phi) is 3.95. The van der Waals surface area contributed by atoms with E-state index in [0.717, 1.165) is 6.92 Å². The zero-order valence-corrected chi connectivity index (χ0v) is 13.2. The fourth-order valence-corrected chi connectivity index (χ4v) is 3.20. The van der Waals surface area contributed by atoms with Gasteiger partial charge in [0, 0.05) is 5.56 Å². The number of aliphatic hydroxyl groups excluding tert-OH is 1. The molecule has 0 aromatic heterocycles. The van der Waals surface area contributed by atoms with E-state index in [-0.39, 0.29) is 17.2 Å². The molecule has 0 radical (unpaired) electrons. The molecule has 0 heterocycles. The summed E-state index contributed by atoms with van der Waals surface area (Å²) in [7, 11) is 0. The second kappa shape index (κ2) is 5.57. The van der Waals surface area contributed by atoms with Crippen molar-refractivity contribution in [1.29, 1.82) is 0 Å². The molecule has 0 amide bonds. The first-order chi connectivity index (χ1) is 11.9. The lowest BCUT2D eigenvalue weighted by Gasteiger charge is -2.29. The van der Waals surface area contributed by atoms with Crippen LogP contribution in [0.5, 0.6) is 0 Å². The summed E-state index contributed by atoms with van der Waals surface area (Å²) in [6.07, 6.45) is -11.6. The predicted molar refractivity (Wildman–Crippen MR) is 79.5 cm³/mol. The molecule has 0 aliphatic heterocycles. The zero-order valence-electron chi connectivity index (χ0n) is 13.2. The lowest BCUT2D eigenvalue weighted by molar-refractivity contribution is -0.143. The molecule has 1 N–H and O–H groups in total. The minimum absolute atomic E-state index is 0.00812. The van der Waals surface area contributed by atoms with E-state index in [1.54, 1.807) is 0 Å². The third kappa shape index (κ3) is 2.68. The summed E-state index contributed by atoms with van der Waals surface area (Å²) < 4.78 is 78.5. The number of ketones is 1. The van der Waals surface area contributed by atoms with Crippen LogP contribution in [0.4, 0.5) is 26.3 Å². The van der Waals surface area contributed by atoms with E-state index in [0.29, 0.717) is 12.1 Å². The highest BCUT2D eigenvalue weighted by Gasteiger charge is 2.51. The normalized spacial score (nSPS) is 23.2. The van der Waals surface area contributed by atoms with Crippen LogP contribution in [0.3, 0.4) is 0 Å². The van der Waals surface area contributed by atoms with E-state index in [2.05, 4.69) is 0 Å². The van der Waals surface area contributed by atoms with Crippen LogP contribution in [0.1, 0.15) is 45.6 Å². The van der Waals surface area contributed by atoms with Crippen LogP contribution in [0, 0.1) is 0 Å². The molecule has 1 aliphatic rings. The topological polar surface area (TPSA) is 37.3 Å². The molecule has 2 nitrogen and oxygen atoms in total. The molecule has 2 atom stereocenters. The molecule has 0 fully saturated rings. The molecule has 3 rings (SSSR count). The SMILES string of the molecule is CC1(c2cc(C(F)(F)F)cc(C(F)(F)F)c2)C(=O)c2ccccc2C1O. The third-order valence-electron chi connectivity index (χ3n) is 4.71. The van der Waals surface area contributed by atoms with Crippen molar-refractivity contribution >= 4 is 5.78 Å². The lowest BCUT2D eigenvalue weighted by Crippen LogP contribution is -2.34. The van der Waals surface area contributed by atoms with Gasteiger partial charge in [0.1, 0.15) is 0 Å². The molecule has 0 saturated heterocycles. The van der Waals surface area contributed by atoms with Crippen molar-refractivity contribution in [3.05, 3.63) is 70.3 Å². The van der Waals surface area contributed by atoms with Gasteiger partial charge < -0.3 is 5.11 Å². The van der Waals surface area contributed by atoms with Gasteiger partial charge in [0.2, 0.25) is 0 Å². The van der Waals surface area contributed by atoms with Gasteiger partial charge in [0.05, 0.1) is 22.6 Å². The van der Waals surface area contributed by atoms with Gasteiger partial charge >= 0.3 is 12.4 Å². The largest absolute Gasteiger partial charge is 0.416 e. The van der Waals surface area contributed by atoms with Crippen molar-refractivity contribution in [2.45, 2.75) is 30.8 Å². The Morgan fingerprint density at radius 1 is 0.923 bits per heavy atom. The van der Waals surface area contributed by atoms with Crippen LogP contribution in [0.25, 0.3) is 0 Å². The van der Waals surface area contributed by atoms with Crippen LogP contribution in [0.2, 0.25) is 0 Å². The number of carbonyl (C=O) groups excluding carboxylic acids is 1. The average Bonchev–Trinajstić information content (AvgIpc) is 2.76. The van der Waals surface area contributed by atoms with Crippen molar-refractivity contribution in [3.8, 4) is 0 Å². The Morgan fingerprint density at radius 3 is 1.88 bits per heavy atom. The minimum atomic E-state index is -5.04. The number of alkyl halides is 6. The van der Waals surface area contributed by atoms with Crippen LogP contribution in [-0.4, -0.2) is 10.9 Å². The van der Waals surface area contributed by atoms with Crippen molar-refractivity contribution < 1.29 is 36.2 Å². The predicted octanol–water partition coefficient (Wildman–Crippen LogP) is 4.91. The highest BCUT2D eigenvalue weighted by molar-refractivity contribution is 6.09. The van der Waals surface area contributed by atoms with Crippen molar-refractivity contribution in [2.24, 2.45) is 0 Å². The smallest absolute Gasteiger partial charge is 0.387 e. The van der Waals surface area contributed by atoms with E-state index in [4.69, 9.17) is 0 Å². The highest BCUT2D eigenvalue weighted by atomic mass is 19.4. The summed E-state index contributed by atoms with van der Waals surface area (Å²) in [6.45, 7) is 1.15. The summed E-state index contributed by atoms with van der Waals surface area (Å²) in [4.78, 5) is 12.7. The van der Waals surface area contributed by atoms with Gasteiger partial charge in [-0.25, -0.2) is 0 Å². The van der Waals surface area contributed by atoms with Gasteiger partial charge in [-0.3, -0.25) is 4.79 Å². The van der Waals surface area contributed by atoms with Crippen LogP contribution < -0.4 is 0 Å². The van der Waals surface area contributed by atoms with Gasteiger partial charge in [0.25, 0.3) is 0 Å². The maximum Gasteiger partial charge on any atom is 0.416 e. The molecule has 26 heavy (non-hydrogen) atoms. The number of halogens is 6. The molecule has 2 aromatic carbocycles. The van der Waals surface area contributed by atoms with Gasteiger partial charge in [-0.1, -0.05) is 24.3 Å². The fraction of sp³-hybridized carbons (Fsp3) is 0.278. The summed E-state index contributed by atoms with van der Waals surface area (Å²) in [5.74, 6) is -0.729. The molecule has 0 saturated carbocycles. The van der Waals surface area contributed by atoms with Crippen molar-refractivity contribution in [3.63, 3.8) is 0 Å². The van der Waals surface area contributed by atoms with Crippen molar-refractivity contribution in [1.82, 2.24) is 0 Å². The summed E-state index contributed by atoms with van der Waals surface area (Å²) in [5, 5.41) is 10.5. The maximum atomic E-state index is 13.1. The zero-order chi connectivity index (χ0) is 19.5. The fourth-order valence-electron chi connectivity index (χ4n) is 3.20. The molecule has 0 spiro atoms. The number of benzene rings is 2. The van der Waals surface area contributed by atoms with Crippen LogP contribution in [-0.2, 0) is 17.8 Å². The molecule has 8 heteroatoms. The second-order valence-corrected chi connectivity index (χ2v) is 6.32. The van der Waals surface area contributed by atoms with Gasteiger partial charge in [-0.15, -0.1) is 0 Å². The van der Waals surface area contributed by atoms with E-state index >= 15 is 0 Å². The van der Waals surface area contributed by atoms with Crippen LogP contribution >= 0.6 is 0 Å².